The Kier molecular flexibility index (Phi) is 4.30. The first-order valence-electron chi connectivity index (χ1n) is 13.3. The molecule has 0 bridgehead atoms. The van der Waals surface area contributed by atoms with Crippen molar-refractivity contribution in [2.24, 2.45) is 0 Å². The largest absolute Gasteiger partial charge is 0.455 e. The second-order valence-corrected chi connectivity index (χ2v) is 10.2. The van der Waals surface area contributed by atoms with Crippen LogP contribution in [0.25, 0.3) is 88.2 Å². The quantitative estimate of drug-likeness (QED) is 0.231. The van der Waals surface area contributed by atoms with Gasteiger partial charge in [-0.05, 0) is 63.9 Å². The lowest BCUT2D eigenvalue weighted by atomic mass is 9.96. The Morgan fingerprint density at radius 3 is 2.17 bits per heavy atom. The van der Waals surface area contributed by atoms with E-state index in [1.165, 1.54) is 10.8 Å². The fourth-order valence-electron chi connectivity index (χ4n) is 5.98. The molecule has 9 rings (SSSR count). The van der Waals surface area contributed by atoms with Crippen molar-refractivity contribution in [3.05, 3.63) is 121 Å². The highest BCUT2D eigenvalue weighted by molar-refractivity contribution is 6.20. The summed E-state index contributed by atoms with van der Waals surface area (Å²) in [6.07, 6.45) is 0. The molecule has 0 spiro atoms. The van der Waals surface area contributed by atoms with Crippen molar-refractivity contribution in [2.45, 2.75) is 0 Å². The van der Waals surface area contributed by atoms with E-state index in [0.717, 1.165) is 71.7 Å². The molecule has 0 fully saturated rings. The maximum atomic E-state index is 6.49. The molecule has 40 heavy (non-hydrogen) atoms. The molecule has 0 aliphatic heterocycles. The fourth-order valence-corrected chi connectivity index (χ4v) is 5.98. The first kappa shape index (κ1) is 21.5. The van der Waals surface area contributed by atoms with Gasteiger partial charge in [0.2, 0.25) is 5.71 Å². The lowest BCUT2D eigenvalue weighted by Crippen LogP contribution is -1.84. The standard InChI is InChI=1S/C36H20N2O2/c1-2-10-25-21(7-1)15-18-32-33(25)27-12-6-11-26(35(27)39-32)24-9-5-8-22(19-24)23-16-17-31-28(20-23)34-36(40-31)38-30-14-4-3-13-29(30)37-34/h1-20H. The highest BCUT2D eigenvalue weighted by Crippen LogP contribution is 2.40. The molecule has 6 aromatic carbocycles. The van der Waals surface area contributed by atoms with Crippen LogP contribution in [0, 0.1) is 0 Å². The van der Waals surface area contributed by atoms with E-state index in [0.29, 0.717) is 5.71 Å². The van der Waals surface area contributed by atoms with E-state index >= 15 is 0 Å². The summed E-state index contributed by atoms with van der Waals surface area (Å²) in [6, 6.07) is 41.8. The lowest BCUT2D eigenvalue weighted by Gasteiger charge is -2.07. The van der Waals surface area contributed by atoms with E-state index in [1.54, 1.807) is 0 Å². The SMILES string of the molecule is c1cc(-c2ccc3oc4nc5ccccc5nc4c3c2)cc(-c2cccc3c2oc2ccc4ccccc4c23)c1. The van der Waals surface area contributed by atoms with Gasteiger partial charge in [-0.1, -0.05) is 84.9 Å². The van der Waals surface area contributed by atoms with Crippen molar-refractivity contribution < 1.29 is 8.83 Å². The monoisotopic (exact) mass is 512 g/mol. The zero-order valence-electron chi connectivity index (χ0n) is 21.3. The smallest absolute Gasteiger partial charge is 0.246 e. The first-order valence-corrected chi connectivity index (χ1v) is 13.3. The van der Waals surface area contributed by atoms with Crippen LogP contribution in [-0.2, 0) is 0 Å². The van der Waals surface area contributed by atoms with Crippen LogP contribution in [0.4, 0.5) is 0 Å². The summed E-state index contributed by atoms with van der Waals surface area (Å²) in [7, 11) is 0. The van der Waals surface area contributed by atoms with Crippen molar-refractivity contribution in [3.63, 3.8) is 0 Å². The maximum absolute atomic E-state index is 6.49. The summed E-state index contributed by atoms with van der Waals surface area (Å²) in [5.41, 5.74) is 10.0. The van der Waals surface area contributed by atoms with E-state index < -0.39 is 0 Å². The third-order valence-electron chi connectivity index (χ3n) is 7.87. The molecule has 9 aromatic rings. The summed E-state index contributed by atoms with van der Waals surface area (Å²) in [5, 5.41) is 5.68. The van der Waals surface area contributed by atoms with Gasteiger partial charge in [0.25, 0.3) is 0 Å². The molecule has 3 aromatic heterocycles. The second-order valence-electron chi connectivity index (χ2n) is 10.2. The van der Waals surface area contributed by atoms with E-state index in [1.807, 2.05) is 30.3 Å². The molecule has 0 aliphatic carbocycles. The van der Waals surface area contributed by atoms with E-state index in [9.17, 15) is 0 Å². The van der Waals surface area contributed by atoms with Crippen LogP contribution in [0.3, 0.4) is 0 Å². The van der Waals surface area contributed by atoms with Crippen molar-refractivity contribution in [3.8, 4) is 22.3 Å². The van der Waals surface area contributed by atoms with Crippen molar-refractivity contribution in [2.75, 3.05) is 0 Å². The minimum absolute atomic E-state index is 0.559. The second kappa shape index (κ2) is 8.01. The number of hydrogen-bond acceptors (Lipinski definition) is 4. The predicted octanol–water partition coefficient (Wildman–Crippen LogP) is 9.92. The minimum Gasteiger partial charge on any atom is -0.455 e. The van der Waals surface area contributed by atoms with Gasteiger partial charge in [0.1, 0.15) is 22.3 Å². The summed E-state index contributed by atoms with van der Waals surface area (Å²) in [5.74, 6) is 0. The molecule has 0 atom stereocenters. The minimum atomic E-state index is 0.559. The van der Waals surface area contributed by atoms with Gasteiger partial charge in [0.15, 0.2) is 0 Å². The molecule has 3 heterocycles. The molecule has 0 radical (unpaired) electrons. The van der Waals surface area contributed by atoms with Crippen molar-refractivity contribution in [1.82, 2.24) is 9.97 Å². The Balaban J connectivity index is 1.22. The van der Waals surface area contributed by atoms with E-state index in [4.69, 9.17) is 18.8 Å². The van der Waals surface area contributed by atoms with Crippen LogP contribution in [0.1, 0.15) is 0 Å². The Bertz CT molecular complexity index is 2450. The van der Waals surface area contributed by atoms with Gasteiger partial charge < -0.3 is 8.83 Å². The molecule has 186 valence electrons. The van der Waals surface area contributed by atoms with Crippen LogP contribution in [-0.4, -0.2) is 9.97 Å². The number of hydrogen-bond donors (Lipinski definition) is 0. The molecule has 0 unspecified atom stereocenters. The maximum Gasteiger partial charge on any atom is 0.246 e. The number of para-hydroxylation sites is 3. The molecular formula is C36H20N2O2. The Hall–Kier alpha value is -5.48. The molecule has 4 heteroatoms. The number of fused-ring (bicyclic) bond motifs is 9. The predicted molar refractivity (Wildman–Crippen MR) is 162 cm³/mol. The first-order chi connectivity index (χ1) is 19.8. The topological polar surface area (TPSA) is 52.1 Å². The summed E-state index contributed by atoms with van der Waals surface area (Å²) < 4.78 is 12.6. The number of benzene rings is 6. The third-order valence-corrected chi connectivity index (χ3v) is 7.87. The Morgan fingerprint density at radius 1 is 0.475 bits per heavy atom. The molecule has 4 nitrogen and oxygen atoms in total. The number of rotatable bonds is 2. The summed E-state index contributed by atoms with van der Waals surface area (Å²) in [6.45, 7) is 0. The number of nitrogens with zero attached hydrogens (tertiary/aromatic N) is 2. The zero-order chi connectivity index (χ0) is 26.2. The van der Waals surface area contributed by atoms with Crippen LogP contribution in [0.5, 0.6) is 0 Å². The Morgan fingerprint density at radius 2 is 1.23 bits per heavy atom. The number of aromatic nitrogens is 2. The van der Waals surface area contributed by atoms with Crippen LogP contribution >= 0.6 is 0 Å². The third kappa shape index (κ3) is 3.07. The van der Waals surface area contributed by atoms with Crippen molar-refractivity contribution >= 4 is 65.9 Å². The molecule has 0 saturated heterocycles. The molecule has 0 aliphatic rings. The highest BCUT2D eigenvalue weighted by Gasteiger charge is 2.16. The molecule has 0 N–H and O–H groups in total. The zero-order valence-corrected chi connectivity index (χ0v) is 21.3. The summed E-state index contributed by atoms with van der Waals surface area (Å²) in [4.78, 5) is 9.57. The van der Waals surface area contributed by atoms with Gasteiger partial charge >= 0.3 is 0 Å². The summed E-state index contributed by atoms with van der Waals surface area (Å²) >= 11 is 0. The Labute approximate surface area is 228 Å². The van der Waals surface area contributed by atoms with Gasteiger partial charge in [-0.3, -0.25) is 0 Å². The van der Waals surface area contributed by atoms with Crippen LogP contribution < -0.4 is 0 Å². The lowest BCUT2D eigenvalue weighted by molar-refractivity contribution is 0.655. The highest BCUT2D eigenvalue weighted by atomic mass is 16.3. The van der Waals surface area contributed by atoms with Crippen LogP contribution in [0.15, 0.2) is 130 Å². The normalized spacial score (nSPS) is 12.0. The molecular weight excluding hydrogens is 492 g/mol. The van der Waals surface area contributed by atoms with Gasteiger partial charge in [0.05, 0.1) is 11.0 Å². The van der Waals surface area contributed by atoms with Crippen molar-refractivity contribution in [1.29, 1.82) is 0 Å². The van der Waals surface area contributed by atoms with Gasteiger partial charge in [-0.2, -0.15) is 0 Å². The van der Waals surface area contributed by atoms with E-state index in [2.05, 4.69) is 91.0 Å². The average molecular weight is 513 g/mol. The average Bonchev–Trinajstić information content (AvgIpc) is 3.57. The van der Waals surface area contributed by atoms with Gasteiger partial charge in [-0.25, -0.2) is 9.97 Å². The fraction of sp³-hybridized carbons (Fsp3) is 0. The van der Waals surface area contributed by atoms with Gasteiger partial charge in [0, 0.05) is 21.7 Å². The van der Waals surface area contributed by atoms with Crippen LogP contribution in [0.2, 0.25) is 0 Å². The molecule has 0 amide bonds. The number of furan rings is 2. The van der Waals surface area contributed by atoms with E-state index in [-0.39, 0.29) is 0 Å². The van der Waals surface area contributed by atoms with Gasteiger partial charge in [-0.15, -0.1) is 0 Å². The molecule has 0 saturated carbocycles.